The highest BCUT2D eigenvalue weighted by atomic mass is 16.6. The third kappa shape index (κ3) is 3.04. The molecule has 108 valence electrons. The van der Waals surface area contributed by atoms with E-state index in [1.807, 2.05) is 0 Å². The highest BCUT2D eigenvalue weighted by Crippen LogP contribution is 2.26. The zero-order chi connectivity index (χ0) is 14.7. The topological polar surface area (TPSA) is 88.4 Å². The van der Waals surface area contributed by atoms with E-state index >= 15 is 0 Å². The molecule has 0 spiro atoms. The number of hydrogen-bond donors (Lipinski definition) is 1. The molecule has 1 N–H and O–H groups in total. The molecule has 0 saturated carbocycles. The van der Waals surface area contributed by atoms with E-state index in [1.54, 1.807) is 31.1 Å². The molecule has 2 rings (SSSR count). The number of rotatable bonds is 4. The molecule has 7 heteroatoms. The fourth-order valence-corrected chi connectivity index (χ4v) is 2.33. The second kappa shape index (κ2) is 5.85. The van der Waals surface area contributed by atoms with E-state index in [0.717, 1.165) is 13.0 Å². The van der Waals surface area contributed by atoms with Crippen molar-refractivity contribution in [2.45, 2.75) is 19.8 Å². The van der Waals surface area contributed by atoms with Crippen LogP contribution in [0.15, 0.2) is 12.3 Å². The van der Waals surface area contributed by atoms with E-state index in [9.17, 15) is 14.9 Å². The summed E-state index contributed by atoms with van der Waals surface area (Å²) in [6.45, 7) is 2.94. The predicted molar refractivity (Wildman–Crippen MR) is 74.5 cm³/mol. The normalized spacial score (nSPS) is 19.0. The minimum Gasteiger partial charge on any atom is -0.364 e. The van der Waals surface area contributed by atoms with Gasteiger partial charge in [0.25, 0.3) is 0 Å². The van der Waals surface area contributed by atoms with Gasteiger partial charge in [-0.2, -0.15) is 0 Å². The van der Waals surface area contributed by atoms with E-state index < -0.39 is 4.92 Å². The second-order valence-corrected chi connectivity index (χ2v) is 5.14. The molecule has 0 aromatic carbocycles. The fourth-order valence-electron chi connectivity index (χ4n) is 2.33. The first kappa shape index (κ1) is 14.2. The summed E-state index contributed by atoms with van der Waals surface area (Å²) in [5.41, 5.74) is 0.582. The van der Waals surface area contributed by atoms with Crippen molar-refractivity contribution in [3.05, 3.63) is 27.9 Å². The average molecular weight is 278 g/mol. The van der Waals surface area contributed by atoms with Crippen LogP contribution in [0.4, 0.5) is 11.5 Å². The Hall–Kier alpha value is -2.18. The van der Waals surface area contributed by atoms with E-state index in [1.165, 1.54) is 0 Å². The largest absolute Gasteiger partial charge is 0.364 e. The van der Waals surface area contributed by atoms with Crippen LogP contribution in [0.5, 0.6) is 0 Å². The number of carbonyl (C=O) groups is 1. The molecule has 0 bridgehead atoms. The van der Waals surface area contributed by atoms with Gasteiger partial charge in [-0.15, -0.1) is 0 Å². The van der Waals surface area contributed by atoms with Gasteiger partial charge >= 0.3 is 5.69 Å². The Morgan fingerprint density at radius 2 is 2.35 bits per heavy atom. The maximum absolute atomic E-state index is 11.6. The van der Waals surface area contributed by atoms with Crippen molar-refractivity contribution in [3.8, 4) is 0 Å². The first-order valence-corrected chi connectivity index (χ1v) is 6.57. The minimum absolute atomic E-state index is 0.00625. The number of amides is 1. The lowest BCUT2D eigenvalue weighted by molar-refractivity contribution is -0.384. The van der Waals surface area contributed by atoms with Crippen LogP contribution in [0.3, 0.4) is 0 Å². The molecule has 1 unspecified atom stereocenters. The van der Waals surface area contributed by atoms with Crippen LogP contribution in [0.1, 0.15) is 18.4 Å². The van der Waals surface area contributed by atoms with Crippen molar-refractivity contribution in [2.24, 2.45) is 5.92 Å². The van der Waals surface area contributed by atoms with Gasteiger partial charge < -0.3 is 10.2 Å². The first-order chi connectivity index (χ1) is 9.49. The lowest BCUT2D eigenvalue weighted by Crippen LogP contribution is -2.37. The van der Waals surface area contributed by atoms with Gasteiger partial charge in [0.1, 0.15) is 0 Å². The van der Waals surface area contributed by atoms with Gasteiger partial charge in [-0.1, -0.05) is 0 Å². The van der Waals surface area contributed by atoms with Crippen LogP contribution in [-0.2, 0) is 4.79 Å². The monoisotopic (exact) mass is 278 g/mol. The molecule has 1 saturated heterocycles. The number of likely N-dealkylation sites (tertiary alicyclic amines) is 1. The zero-order valence-electron chi connectivity index (χ0n) is 11.6. The third-order valence-corrected chi connectivity index (χ3v) is 3.63. The zero-order valence-corrected chi connectivity index (χ0v) is 11.6. The summed E-state index contributed by atoms with van der Waals surface area (Å²) < 4.78 is 0. The molecule has 7 nitrogen and oxygen atoms in total. The number of nitro groups is 1. The molecular weight excluding hydrogens is 260 g/mol. The number of pyridine rings is 1. The molecule has 1 aromatic heterocycles. The molecule has 1 amide bonds. The van der Waals surface area contributed by atoms with Gasteiger partial charge in [0.15, 0.2) is 0 Å². The lowest BCUT2D eigenvalue weighted by Gasteiger charge is -2.28. The second-order valence-electron chi connectivity index (χ2n) is 5.14. The molecule has 20 heavy (non-hydrogen) atoms. The summed E-state index contributed by atoms with van der Waals surface area (Å²) in [5, 5.41) is 14.1. The summed E-state index contributed by atoms with van der Waals surface area (Å²) in [7, 11) is 1.79. The fraction of sp³-hybridized carbons (Fsp3) is 0.538. The number of hydrogen-bond acceptors (Lipinski definition) is 5. The quantitative estimate of drug-likeness (QED) is 0.667. The van der Waals surface area contributed by atoms with Crippen LogP contribution < -0.4 is 5.32 Å². The minimum atomic E-state index is -0.426. The molecule has 1 fully saturated rings. The molecule has 1 aromatic rings. The van der Waals surface area contributed by atoms with Crippen LogP contribution in [0.2, 0.25) is 0 Å². The Bertz CT molecular complexity index is 532. The van der Waals surface area contributed by atoms with Gasteiger partial charge in [0, 0.05) is 38.3 Å². The van der Waals surface area contributed by atoms with E-state index in [-0.39, 0.29) is 23.3 Å². The summed E-state index contributed by atoms with van der Waals surface area (Å²) in [5.74, 6) is 0.594. The Labute approximate surface area is 117 Å². The number of piperidine rings is 1. The Morgan fingerprint density at radius 1 is 1.60 bits per heavy atom. The molecule has 1 aliphatic rings. The van der Waals surface area contributed by atoms with Crippen molar-refractivity contribution in [1.82, 2.24) is 9.88 Å². The van der Waals surface area contributed by atoms with Crippen molar-refractivity contribution in [1.29, 1.82) is 0 Å². The van der Waals surface area contributed by atoms with Crippen molar-refractivity contribution < 1.29 is 9.72 Å². The smallest absolute Gasteiger partial charge is 0.314 e. The molecule has 0 radical (unpaired) electrons. The van der Waals surface area contributed by atoms with Crippen LogP contribution in [-0.4, -0.2) is 40.9 Å². The summed E-state index contributed by atoms with van der Waals surface area (Å²) in [6.07, 6.45) is 2.92. The number of aryl methyl sites for hydroxylation is 1. The number of nitrogens with one attached hydrogen (secondary N) is 1. The molecule has 1 aliphatic heterocycles. The highest BCUT2D eigenvalue weighted by Gasteiger charge is 2.24. The van der Waals surface area contributed by atoms with Gasteiger partial charge in [-0.25, -0.2) is 4.98 Å². The summed E-state index contributed by atoms with van der Waals surface area (Å²) >= 11 is 0. The van der Waals surface area contributed by atoms with Crippen molar-refractivity contribution in [3.63, 3.8) is 0 Å². The number of anilines is 1. The van der Waals surface area contributed by atoms with E-state index in [0.29, 0.717) is 18.5 Å². The van der Waals surface area contributed by atoms with E-state index in [2.05, 4.69) is 10.3 Å². The Balaban J connectivity index is 2.03. The summed E-state index contributed by atoms with van der Waals surface area (Å²) in [6, 6.07) is 1.61. The van der Waals surface area contributed by atoms with Crippen LogP contribution in [0.25, 0.3) is 0 Å². The molecule has 2 heterocycles. The highest BCUT2D eigenvalue weighted by molar-refractivity contribution is 5.77. The number of aromatic nitrogens is 1. The van der Waals surface area contributed by atoms with Gasteiger partial charge in [0.2, 0.25) is 11.7 Å². The van der Waals surface area contributed by atoms with Crippen LogP contribution >= 0.6 is 0 Å². The van der Waals surface area contributed by atoms with Crippen LogP contribution in [0, 0.1) is 23.0 Å². The maximum Gasteiger partial charge on any atom is 0.314 e. The van der Waals surface area contributed by atoms with Crippen molar-refractivity contribution >= 4 is 17.4 Å². The standard InChI is InChI=1S/C13H18N4O3/c1-9-3-5-14-13(12(9)17(19)20)15-8-10-4-6-16(2)11(18)7-10/h3,5,10H,4,6-8H2,1-2H3,(H,14,15). The first-order valence-electron chi connectivity index (χ1n) is 6.57. The summed E-state index contributed by atoms with van der Waals surface area (Å²) in [4.78, 5) is 28.0. The maximum atomic E-state index is 11.6. The SMILES string of the molecule is Cc1ccnc(NCC2CCN(C)C(=O)C2)c1[N+](=O)[O-]. The van der Waals surface area contributed by atoms with E-state index in [4.69, 9.17) is 0 Å². The average Bonchev–Trinajstić information content (AvgIpc) is 2.39. The number of carbonyl (C=O) groups excluding carboxylic acids is 1. The van der Waals surface area contributed by atoms with Gasteiger partial charge in [0.05, 0.1) is 4.92 Å². The number of nitrogens with zero attached hydrogens (tertiary/aromatic N) is 3. The lowest BCUT2D eigenvalue weighted by atomic mass is 9.96. The predicted octanol–water partition coefficient (Wildman–Crippen LogP) is 1.58. The van der Waals surface area contributed by atoms with Crippen molar-refractivity contribution in [2.75, 3.05) is 25.5 Å². The van der Waals surface area contributed by atoms with Gasteiger partial charge in [-0.05, 0) is 25.3 Å². The third-order valence-electron chi connectivity index (χ3n) is 3.63. The Morgan fingerprint density at radius 3 is 3.00 bits per heavy atom. The Kier molecular flexibility index (Phi) is 4.16. The molecule has 1 atom stereocenters. The molecular formula is C13H18N4O3. The van der Waals surface area contributed by atoms with Gasteiger partial charge in [-0.3, -0.25) is 14.9 Å². The molecule has 0 aliphatic carbocycles.